The Morgan fingerprint density at radius 1 is 1.13 bits per heavy atom. The summed E-state index contributed by atoms with van der Waals surface area (Å²) in [6, 6.07) is 5.36. The number of rotatable bonds is 4. The van der Waals surface area contributed by atoms with E-state index in [2.05, 4.69) is 26.5 Å². The van der Waals surface area contributed by atoms with Gasteiger partial charge in [0.25, 0.3) is 0 Å². The number of alkyl halides is 3. The third-order valence-electron chi connectivity index (χ3n) is 5.40. The van der Waals surface area contributed by atoms with Crippen molar-refractivity contribution in [3.63, 3.8) is 0 Å². The van der Waals surface area contributed by atoms with Crippen LogP contribution in [0.4, 0.5) is 18.3 Å². The molecule has 5 rings (SSSR count). The highest BCUT2D eigenvalue weighted by Gasteiger charge is 2.33. The van der Waals surface area contributed by atoms with Crippen LogP contribution in [0.1, 0.15) is 29.9 Å². The molecule has 3 heterocycles. The third-order valence-corrected chi connectivity index (χ3v) is 6.52. The molecule has 155 valence electrons. The Bertz CT molecular complexity index is 1050. The summed E-state index contributed by atoms with van der Waals surface area (Å²) >= 11 is 1.48. The number of hydrogen-bond donors (Lipinski definition) is 1. The second kappa shape index (κ2) is 7.63. The van der Waals surface area contributed by atoms with Gasteiger partial charge in [0.05, 0.1) is 21.8 Å². The molecule has 2 aromatic heterocycles. The van der Waals surface area contributed by atoms with Crippen LogP contribution in [-0.2, 0) is 6.18 Å². The summed E-state index contributed by atoms with van der Waals surface area (Å²) in [5.74, 6) is 0.397. The van der Waals surface area contributed by atoms with Gasteiger partial charge in [-0.1, -0.05) is 23.5 Å². The summed E-state index contributed by atoms with van der Waals surface area (Å²) in [6.45, 7) is 3.31. The van der Waals surface area contributed by atoms with Gasteiger partial charge >= 0.3 is 6.18 Å². The topological polar surface area (TPSA) is 53.9 Å². The lowest BCUT2D eigenvalue weighted by atomic mass is 10.0. The van der Waals surface area contributed by atoms with E-state index in [-0.39, 0.29) is 0 Å². The lowest BCUT2D eigenvalue weighted by Crippen LogP contribution is -2.43. The van der Waals surface area contributed by atoms with Crippen molar-refractivity contribution in [2.45, 2.75) is 24.9 Å². The van der Waals surface area contributed by atoms with E-state index in [1.807, 2.05) is 0 Å². The van der Waals surface area contributed by atoms with E-state index in [1.54, 1.807) is 12.3 Å². The minimum absolute atomic E-state index is 0.397. The van der Waals surface area contributed by atoms with Crippen LogP contribution in [0.15, 0.2) is 30.5 Å². The van der Waals surface area contributed by atoms with Crippen LogP contribution >= 0.6 is 11.3 Å². The average Bonchev–Trinajstić information content (AvgIpc) is 3.52. The van der Waals surface area contributed by atoms with Crippen molar-refractivity contribution >= 4 is 16.5 Å². The fraction of sp³-hybridized carbons (Fsp3) is 0.381. The van der Waals surface area contributed by atoms with Crippen LogP contribution in [0.25, 0.3) is 21.8 Å². The van der Waals surface area contributed by atoms with Crippen LogP contribution in [-0.4, -0.2) is 41.1 Å². The number of aromatic nitrogens is 3. The van der Waals surface area contributed by atoms with Gasteiger partial charge in [-0.15, -0.1) is 0 Å². The number of nitrogens with zero attached hydrogens (tertiary/aromatic N) is 4. The standard InChI is InChI=1S/C21H19F3N5S/c22-21(23,24)15-3-1-2-14(10-15)17-19(18-16(13-4-5-13)11-26-12-27-18)30-20(28-17)29-8-6-25-7-9-29/h1-3,10-11,13,25H,4-9H2. The van der Waals surface area contributed by atoms with Gasteiger partial charge in [0.2, 0.25) is 0 Å². The molecule has 2 fully saturated rings. The third kappa shape index (κ3) is 3.79. The highest BCUT2D eigenvalue weighted by Crippen LogP contribution is 2.47. The van der Waals surface area contributed by atoms with Crippen molar-refractivity contribution in [3.8, 4) is 21.8 Å². The number of nitrogens with one attached hydrogen (secondary N) is 1. The van der Waals surface area contributed by atoms with E-state index in [9.17, 15) is 13.2 Å². The maximum atomic E-state index is 13.3. The van der Waals surface area contributed by atoms with Crippen LogP contribution in [0.3, 0.4) is 0 Å². The normalized spacial score (nSPS) is 17.4. The Balaban J connectivity index is 1.65. The van der Waals surface area contributed by atoms with Gasteiger partial charge in [-0.25, -0.2) is 15.0 Å². The molecule has 0 amide bonds. The molecule has 1 N–H and O–H groups in total. The van der Waals surface area contributed by atoms with E-state index < -0.39 is 11.7 Å². The summed E-state index contributed by atoms with van der Waals surface area (Å²) in [4.78, 5) is 16.2. The largest absolute Gasteiger partial charge is 0.416 e. The molecule has 1 saturated carbocycles. The molecular weight excluding hydrogens is 411 g/mol. The zero-order chi connectivity index (χ0) is 20.7. The SMILES string of the molecule is FC(F)(F)c1cccc(-c2nc(N3CCNCC3)sc2-c2n[c]ncc2C2CC2)c1. The molecule has 5 nitrogen and oxygen atoms in total. The lowest BCUT2D eigenvalue weighted by molar-refractivity contribution is -0.137. The minimum atomic E-state index is -4.41. The van der Waals surface area contributed by atoms with E-state index in [4.69, 9.17) is 4.98 Å². The van der Waals surface area contributed by atoms with E-state index in [1.165, 1.54) is 23.5 Å². The Morgan fingerprint density at radius 3 is 2.67 bits per heavy atom. The summed E-state index contributed by atoms with van der Waals surface area (Å²) < 4.78 is 40.0. The molecule has 0 atom stereocenters. The number of halogens is 3. The Kier molecular flexibility index (Phi) is 4.94. The quantitative estimate of drug-likeness (QED) is 0.666. The van der Waals surface area contributed by atoms with Crippen molar-refractivity contribution in [1.29, 1.82) is 0 Å². The van der Waals surface area contributed by atoms with Gasteiger partial charge in [-0.3, -0.25) is 0 Å². The molecule has 3 aromatic rings. The maximum Gasteiger partial charge on any atom is 0.416 e. The van der Waals surface area contributed by atoms with Crippen molar-refractivity contribution < 1.29 is 13.2 Å². The van der Waals surface area contributed by atoms with Crippen LogP contribution in [0.2, 0.25) is 0 Å². The predicted octanol–water partition coefficient (Wildman–Crippen LogP) is 4.37. The molecule has 30 heavy (non-hydrogen) atoms. The highest BCUT2D eigenvalue weighted by atomic mass is 32.1. The first-order valence-electron chi connectivity index (χ1n) is 9.88. The zero-order valence-electron chi connectivity index (χ0n) is 16.0. The van der Waals surface area contributed by atoms with Gasteiger partial charge in [-0.05, 0) is 30.9 Å². The Hall–Kier alpha value is -2.52. The lowest BCUT2D eigenvalue weighted by Gasteiger charge is -2.26. The van der Waals surface area contributed by atoms with Crippen LogP contribution in [0.5, 0.6) is 0 Å². The second-order valence-electron chi connectivity index (χ2n) is 7.54. The van der Waals surface area contributed by atoms with Gasteiger partial charge in [0.1, 0.15) is 0 Å². The molecule has 0 spiro atoms. The fourth-order valence-electron chi connectivity index (χ4n) is 3.68. The highest BCUT2D eigenvalue weighted by molar-refractivity contribution is 7.19. The first-order chi connectivity index (χ1) is 14.5. The van der Waals surface area contributed by atoms with Gasteiger partial charge < -0.3 is 10.2 Å². The first-order valence-corrected chi connectivity index (χ1v) is 10.7. The van der Waals surface area contributed by atoms with Gasteiger partial charge in [0, 0.05) is 43.5 Å². The number of hydrogen-bond acceptors (Lipinski definition) is 6. The summed E-state index contributed by atoms with van der Waals surface area (Å²) in [5.41, 5.74) is 2.06. The molecule has 0 bridgehead atoms. The van der Waals surface area contributed by atoms with E-state index >= 15 is 0 Å². The van der Waals surface area contributed by atoms with Crippen LogP contribution in [0, 0.1) is 6.33 Å². The number of piperazine rings is 1. The fourth-order valence-corrected chi connectivity index (χ4v) is 4.83. The molecule has 9 heteroatoms. The zero-order valence-corrected chi connectivity index (χ0v) is 16.9. The summed E-state index contributed by atoms with van der Waals surface area (Å²) in [7, 11) is 0. The van der Waals surface area contributed by atoms with Crippen LogP contribution < -0.4 is 10.2 Å². The van der Waals surface area contributed by atoms with Crippen molar-refractivity contribution in [2.75, 3.05) is 31.1 Å². The molecular formula is C21H19F3N5S. The number of anilines is 1. The molecule has 0 unspecified atom stereocenters. The monoisotopic (exact) mass is 430 g/mol. The summed E-state index contributed by atoms with van der Waals surface area (Å²) in [5, 5.41) is 4.12. The molecule has 1 aromatic carbocycles. The number of benzene rings is 1. The minimum Gasteiger partial charge on any atom is -0.346 e. The average molecular weight is 430 g/mol. The molecule has 1 radical (unpaired) electrons. The smallest absolute Gasteiger partial charge is 0.346 e. The van der Waals surface area contributed by atoms with Crippen molar-refractivity contribution in [3.05, 3.63) is 47.9 Å². The summed E-state index contributed by atoms with van der Waals surface area (Å²) in [6.07, 6.45) is 2.18. The van der Waals surface area contributed by atoms with E-state index in [0.717, 1.165) is 66.4 Å². The maximum absolute atomic E-state index is 13.3. The molecule has 1 aliphatic carbocycles. The predicted molar refractivity (Wildman–Crippen MR) is 109 cm³/mol. The van der Waals surface area contributed by atoms with Crippen molar-refractivity contribution in [2.24, 2.45) is 0 Å². The van der Waals surface area contributed by atoms with Gasteiger partial charge in [-0.2, -0.15) is 13.2 Å². The number of thiazole rings is 1. The van der Waals surface area contributed by atoms with Gasteiger partial charge in [0.15, 0.2) is 11.5 Å². The Morgan fingerprint density at radius 2 is 1.93 bits per heavy atom. The first kappa shape index (κ1) is 19.4. The Labute approximate surface area is 176 Å². The second-order valence-corrected chi connectivity index (χ2v) is 8.52. The molecule has 2 aliphatic rings. The molecule has 1 aliphatic heterocycles. The molecule has 1 saturated heterocycles. The van der Waals surface area contributed by atoms with E-state index in [0.29, 0.717) is 17.2 Å². The van der Waals surface area contributed by atoms with Crippen molar-refractivity contribution in [1.82, 2.24) is 20.3 Å².